The van der Waals surface area contributed by atoms with Crippen molar-refractivity contribution in [1.82, 2.24) is 0 Å². The second-order valence-corrected chi connectivity index (χ2v) is 5.59. The molecule has 28 heavy (non-hydrogen) atoms. The van der Waals surface area contributed by atoms with Crippen LogP contribution in [-0.4, -0.2) is 37.1 Å². The highest BCUT2D eigenvalue weighted by Gasteiger charge is 2.43. The van der Waals surface area contributed by atoms with Crippen LogP contribution in [0.5, 0.6) is 0 Å². The Labute approximate surface area is 155 Å². The van der Waals surface area contributed by atoms with Crippen LogP contribution in [0, 0.1) is 0 Å². The number of halogens is 6. The Kier molecular flexibility index (Phi) is 6.32. The van der Waals surface area contributed by atoms with Crippen LogP contribution in [0.3, 0.4) is 0 Å². The number of nitrogens with zero attached hydrogens (tertiary/aromatic N) is 1. The molecule has 0 aliphatic rings. The lowest BCUT2D eigenvalue weighted by Crippen LogP contribution is -2.43. The molecule has 0 atom stereocenters. The molecule has 2 aromatic rings. The minimum absolute atomic E-state index is 0.0220. The summed E-state index contributed by atoms with van der Waals surface area (Å²) >= 11 is 0. The first-order chi connectivity index (χ1) is 13.0. The van der Waals surface area contributed by atoms with E-state index in [0.717, 1.165) is 6.07 Å². The highest BCUT2D eigenvalue weighted by atomic mass is 19.4. The van der Waals surface area contributed by atoms with Crippen molar-refractivity contribution in [3.63, 3.8) is 0 Å². The summed E-state index contributed by atoms with van der Waals surface area (Å²) in [7, 11) is 0. The predicted octanol–water partition coefficient (Wildman–Crippen LogP) is 4.44. The minimum Gasteiger partial charge on any atom is -0.383 e. The molecule has 1 N–H and O–H groups in total. The van der Waals surface area contributed by atoms with Crippen LogP contribution in [0.4, 0.5) is 37.7 Å². The third-order valence-electron chi connectivity index (χ3n) is 3.64. The first kappa shape index (κ1) is 21.3. The molecule has 0 saturated heterocycles. The van der Waals surface area contributed by atoms with Gasteiger partial charge in [0.15, 0.2) is 0 Å². The maximum absolute atomic E-state index is 12.9. The summed E-state index contributed by atoms with van der Waals surface area (Å²) in [5.74, 6) is -4.19. The van der Waals surface area contributed by atoms with Gasteiger partial charge in [-0.3, -0.25) is 9.59 Å². The molecular weight excluding hydrogens is 390 g/mol. The van der Waals surface area contributed by atoms with E-state index < -0.39 is 36.2 Å². The van der Waals surface area contributed by atoms with Gasteiger partial charge in [0.2, 0.25) is 0 Å². The lowest BCUT2D eigenvalue weighted by Gasteiger charge is -2.24. The topological polar surface area (TPSA) is 49.4 Å². The van der Waals surface area contributed by atoms with E-state index in [1.807, 2.05) is 0 Å². The van der Waals surface area contributed by atoms with Gasteiger partial charge in [-0.25, -0.2) is 0 Å². The van der Waals surface area contributed by atoms with Crippen LogP contribution in [0.1, 0.15) is 10.4 Å². The van der Waals surface area contributed by atoms with Crippen molar-refractivity contribution in [2.75, 3.05) is 23.3 Å². The molecule has 0 radical (unpaired) electrons. The first-order valence-electron chi connectivity index (χ1n) is 7.90. The van der Waals surface area contributed by atoms with E-state index in [4.69, 9.17) is 0 Å². The highest BCUT2D eigenvalue weighted by molar-refractivity contribution is 6.04. The number of alkyl halides is 6. The Morgan fingerprint density at radius 2 is 1.39 bits per heavy atom. The molecule has 0 saturated carbocycles. The fourth-order valence-corrected chi connectivity index (χ4v) is 2.40. The van der Waals surface area contributed by atoms with Crippen molar-refractivity contribution in [1.29, 1.82) is 0 Å². The summed E-state index contributed by atoms with van der Waals surface area (Å²) in [6.45, 7) is -0.810. The molecule has 10 heteroatoms. The van der Waals surface area contributed by atoms with E-state index in [1.54, 1.807) is 6.07 Å². The molecule has 0 heterocycles. The van der Waals surface area contributed by atoms with Crippen LogP contribution in [0.25, 0.3) is 0 Å². The number of amides is 1. The number of carbonyl (C=O) groups excluding carboxylic acids is 2. The third-order valence-corrected chi connectivity index (χ3v) is 3.64. The zero-order valence-corrected chi connectivity index (χ0v) is 14.1. The molecule has 0 spiro atoms. The predicted molar refractivity (Wildman–Crippen MR) is 90.2 cm³/mol. The maximum atomic E-state index is 12.9. The quantitative estimate of drug-likeness (QED) is 0.572. The van der Waals surface area contributed by atoms with Gasteiger partial charge in [0.05, 0.1) is 5.56 Å². The zero-order valence-electron chi connectivity index (χ0n) is 14.1. The highest BCUT2D eigenvalue weighted by Crippen LogP contribution is 2.27. The Balaban J connectivity index is 2.18. The summed E-state index contributed by atoms with van der Waals surface area (Å²) in [5, 5.41) is 2.49. The van der Waals surface area contributed by atoms with Gasteiger partial charge in [-0.2, -0.15) is 26.3 Å². The number of benzene rings is 2. The molecule has 0 bridgehead atoms. The third kappa shape index (κ3) is 5.24. The number of rotatable bonds is 6. The monoisotopic (exact) mass is 404 g/mol. The number of para-hydroxylation sites is 2. The lowest BCUT2D eigenvalue weighted by atomic mass is 10.1. The Morgan fingerprint density at radius 1 is 0.821 bits per heavy atom. The van der Waals surface area contributed by atoms with E-state index in [0.29, 0.717) is 4.90 Å². The van der Waals surface area contributed by atoms with Gasteiger partial charge in [0.25, 0.3) is 5.78 Å². The number of anilines is 2. The number of Topliss-reactive ketones (excluding diaryl/α,β-unsaturated/α-hetero) is 1. The number of hydrogen-bond acceptors (Lipinski definition) is 3. The lowest BCUT2D eigenvalue weighted by molar-refractivity contribution is -0.170. The Morgan fingerprint density at radius 3 is 1.96 bits per heavy atom. The van der Waals surface area contributed by atoms with Crippen molar-refractivity contribution in [2.24, 2.45) is 0 Å². The molecule has 150 valence electrons. The molecule has 0 aromatic heterocycles. The van der Waals surface area contributed by atoms with Crippen LogP contribution in [0.2, 0.25) is 0 Å². The van der Waals surface area contributed by atoms with Gasteiger partial charge < -0.3 is 10.2 Å². The Hall–Kier alpha value is -3.04. The van der Waals surface area contributed by atoms with Crippen molar-refractivity contribution in [2.45, 2.75) is 12.4 Å². The molecule has 0 fully saturated rings. The van der Waals surface area contributed by atoms with Gasteiger partial charge in [-0.1, -0.05) is 30.3 Å². The van der Waals surface area contributed by atoms with Crippen molar-refractivity contribution in [3.05, 3.63) is 60.2 Å². The van der Waals surface area contributed by atoms with E-state index in [2.05, 4.69) is 5.32 Å². The molecule has 0 aliphatic heterocycles. The number of hydrogen-bond donors (Lipinski definition) is 1. The number of ketones is 1. The van der Waals surface area contributed by atoms with Gasteiger partial charge in [0.1, 0.15) is 0 Å². The summed E-state index contributed by atoms with van der Waals surface area (Å²) in [5.41, 5.74) is -0.882. The number of carbonyl (C=O) groups is 2. The van der Waals surface area contributed by atoms with Crippen molar-refractivity contribution in [3.8, 4) is 0 Å². The summed E-state index contributed by atoms with van der Waals surface area (Å²) < 4.78 is 76.6. The summed E-state index contributed by atoms with van der Waals surface area (Å²) in [6.07, 6.45) is -10.2. The van der Waals surface area contributed by atoms with Crippen LogP contribution >= 0.6 is 0 Å². The molecule has 2 rings (SSSR count). The molecule has 1 amide bonds. The van der Waals surface area contributed by atoms with Crippen LogP contribution in [-0.2, 0) is 4.79 Å². The van der Waals surface area contributed by atoms with Crippen molar-refractivity contribution >= 4 is 23.1 Å². The summed E-state index contributed by atoms with van der Waals surface area (Å²) in [4.78, 5) is 23.6. The van der Waals surface area contributed by atoms with E-state index in [1.165, 1.54) is 42.5 Å². The average Bonchev–Trinajstić information content (AvgIpc) is 2.64. The summed E-state index contributed by atoms with van der Waals surface area (Å²) in [6, 6.07) is 11.8. The molecule has 4 nitrogen and oxygen atoms in total. The fourth-order valence-electron chi connectivity index (χ4n) is 2.40. The zero-order chi connectivity index (χ0) is 20.9. The smallest absolute Gasteiger partial charge is 0.383 e. The van der Waals surface area contributed by atoms with E-state index in [-0.39, 0.29) is 17.9 Å². The van der Waals surface area contributed by atoms with Gasteiger partial charge in [-0.05, 0) is 24.3 Å². The largest absolute Gasteiger partial charge is 0.471 e. The second-order valence-electron chi connectivity index (χ2n) is 5.59. The van der Waals surface area contributed by atoms with Gasteiger partial charge >= 0.3 is 18.3 Å². The standard InChI is InChI=1S/C18H14F6N2O2/c19-17(20,21)15(27)13-8-4-5-9-14(13)25-10-11-26(16(28)18(22,23)24)12-6-2-1-3-7-12/h1-9,25H,10-11H2. The maximum Gasteiger partial charge on any atom is 0.471 e. The molecular formula is C18H14F6N2O2. The molecule has 0 aliphatic carbocycles. The van der Waals surface area contributed by atoms with Crippen molar-refractivity contribution < 1.29 is 35.9 Å². The van der Waals surface area contributed by atoms with E-state index >= 15 is 0 Å². The van der Waals surface area contributed by atoms with Gasteiger partial charge in [0, 0.05) is 24.5 Å². The Bertz CT molecular complexity index is 834. The fraction of sp³-hybridized carbons (Fsp3) is 0.222. The van der Waals surface area contributed by atoms with Crippen LogP contribution < -0.4 is 10.2 Å². The minimum atomic E-state index is -5.13. The first-order valence-corrected chi connectivity index (χ1v) is 7.90. The van der Waals surface area contributed by atoms with Gasteiger partial charge in [-0.15, -0.1) is 0 Å². The normalized spacial score (nSPS) is 11.8. The molecule has 2 aromatic carbocycles. The average molecular weight is 404 g/mol. The second kappa shape index (κ2) is 8.32. The molecule has 0 unspecified atom stereocenters. The van der Waals surface area contributed by atoms with Crippen LogP contribution in [0.15, 0.2) is 54.6 Å². The van der Waals surface area contributed by atoms with E-state index in [9.17, 15) is 35.9 Å². The SMILES string of the molecule is O=C(c1ccccc1NCCN(C(=O)C(F)(F)F)c1ccccc1)C(F)(F)F. The number of nitrogens with one attached hydrogen (secondary N) is 1.